The molecule has 0 saturated carbocycles. The van der Waals surface area contributed by atoms with Crippen molar-refractivity contribution in [2.24, 2.45) is 5.41 Å². The molecule has 0 bridgehead atoms. The van der Waals surface area contributed by atoms with Crippen LogP contribution in [0.3, 0.4) is 0 Å². The molecule has 0 N–H and O–H groups in total. The molecule has 0 aliphatic heterocycles. The molecule has 0 aromatic rings. The van der Waals surface area contributed by atoms with E-state index in [1.807, 2.05) is 0 Å². The van der Waals surface area contributed by atoms with E-state index in [2.05, 4.69) is 33.0 Å². The summed E-state index contributed by atoms with van der Waals surface area (Å²) in [4.78, 5) is 0. The molecule has 3 heteroatoms. The quantitative estimate of drug-likeness (QED) is 0.438. The lowest BCUT2D eigenvalue weighted by atomic mass is 9.99. The Kier molecular flexibility index (Phi) is 3.44. The fraction of sp³-hybridized carbons (Fsp3) is 0.833. The average molecular weight is 167 g/mol. The summed E-state index contributed by atoms with van der Waals surface area (Å²) in [6.45, 7) is 6.75. The molecule has 0 unspecified atom stereocenters. The maximum Gasteiger partial charge on any atom is 0.255 e. The van der Waals surface area contributed by atoms with Crippen LogP contribution in [0, 0.1) is 5.41 Å². The second-order valence-electron chi connectivity index (χ2n) is 3.09. The van der Waals surface area contributed by atoms with Gasteiger partial charge in [0.25, 0.3) is 4.51 Å². The SMILES string of the molecule is CC(C)(C)COC(=S)Cl. The largest absolute Gasteiger partial charge is 0.474 e. The molecule has 0 aromatic heterocycles. The van der Waals surface area contributed by atoms with Gasteiger partial charge in [0, 0.05) is 0 Å². The third-order valence-electron chi connectivity index (χ3n) is 0.619. The Morgan fingerprint density at radius 3 is 2.11 bits per heavy atom. The van der Waals surface area contributed by atoms with Gasteiger partial charge in [-0.1, -0.05) is 20.8 Å². The summed E-state index contributed by atoms with van der Waals surface area (Å²) in [6.07, 6.45) is 0. The van der Waals surface area contributed by atoms with Crippen molar-refractivity contribution in [2.45, 2.75) is 20.8 Å². The summed E-state index contributed by atoms with van der Waals surface area (Å²) >= 11 is 9.80. The summed E-state index contributed by atoms with van der Waals surface area (Å²) in [5.41, 5.74) is 0.138. The predicted molar refractivity (Wildman–Crippen MR) is 43.9 cm³/mol. The Balaban J connectivity index is 3.39. The molecule has 0 aromatic carbocycles. The first-order valence-electron chi connectivity index (χ1n) is 2.74. The van der Waals surface area contributed by atoms with Crippen LogP contribution in [0.15, 0.2) is 0 Å². The third kappa shape index (κ3) is 8.18. The first-order chi connectivity index (χ1) is 3.92. The van der Waals surface area contributed by atoms with Crippen LogP contribution >= 0.6 is 23.8 Å². The monoisotopic (exact) mass is 166 g/mol. The van der Waals surface area contributed by atoms with Crippen LogP contribution in [-0.2, 0) is 4.74 Å². The van der Waals surface area contributed by atoms with Crippen molar-refractivity contribution in [1.82, 2.24) is 0 Å². The van der Waals surface area contributed by atoms with Gasteiger partial charge in [0.2, 0.25) is 0 Å². The number of hydrogen-bond donors (Lipinski definition) is 0. The van der Waals surface area contributed by atoms with E-state index in [4.69, 9.17) is 16.3 Å². The second-order valence-corrected chi connectivity index (χ2v) is 4.03. The molecule has 0 radical (unpaired) electrons. The second kappa shape index (κ2) is 3.37. The van der Waals surface area contributed by atoms with Crippen LogP contribution in [0.5, 0.6) is 0 Å². The smallest absolute Gasteiger partial charge is 0.255 e. The van der Waals surface area contributed by atoms with Crippen LogP contribution in [0.4, 0.5) is 0 Å². The Morgan fingerprint density at radius 1 is 1.56 bits per heavy atom. The van der Waals surface area contributed by atoms with E-state index in [1.165, 1.54) is 0 Å². The van der Waals surface area contributed by atoms with Crippen molar-refractivity contribution in [2.75, 3.05) is 6.61 Å². The highest BCUT2D eigenvalue weighted by atomic mass is 35.5. The van der Waals surface area contributed by atoms with Crippen molar-refractivity contribution >= 4 is 28.3 Å². The van der Waals surface area contributed by atoms with Gasteiger partial charge in [0.1, 0.15) is 0 Å². The molecule has 0 heterocycles. The van der Waals surface area contributed by atoms with Gasteiger partial charge < -0.3 is 4.74 Å². The van der Waals surface area contributed by atoms with E-state index >= 15 is 0 Å². The Bertz CT molecular complexity index is 106. The summed E-state index contributed by atoms with van der Waals surface area (Å²) in [5.74, 6) is 0. The molecule has 0 fully saturated rings. The molecule has 9 heavy (non-hydrogen) atoms. The summed E-state index contributed by atoms with van der Waals surface area (Å²) in [6, 6.07) is 0. The van der Waals surface area contributed by atoms with E-state index < -0.39 is 0 Å². The van der Waals surface area contributed by atoms with Crippen molar-refractivity contribution in [3.8, 4) is 0 Å². The number of halogens is 1. The lowest BCUT2D eigenvalue weighted by Gasteiger charge is -2.16. The molecule has 0 atom stereocenters. The molecule has 0 saturated heterocycles. The highest BCUT2D eigenvalue weighted by molar-refractivity contribution is 7.82. The van der Waals surface area contributed by atoms with Crippen molar-refractivity contribution in [3.63, 3.8) is 0 Å². The molecule has 54 valence electrons. The molecule has 0 aliphatic carbocycles. The minimum absolute atomic E-state index is 0.102. The number of hydrogen-bond acceptors (Lipinski definition) is 2. The molecule has 0 aliphatic rings. The van der Waals surface area contributed by atoms with Gasteiger partial charge >= 0.3 is 0 Å². The van der Waals surface area contributed by atoms with Crippen LogP contribution < -0.4 is 0 Å². The Labute approximate surface area is 66.3 Å². The first kappa shape index (κ1) is 9.18. The van der Waals surface area contributed by atoms with Crippen molar-refractivity contribution < 1.29 is 4.74 Å². The molecular formula is C6H11ClOS. The van der Waals surface area contributed by atoms with E-state index in [-0.39, 0.29) is 9.92 Å². The maximum absolute atomic E-state index is 5.29. The van der Waals surface area contributed by atoms with Gasteiger partial charge in [-0.3, -0.25) is 0 Å². The van der Waals surface area contributed by atoms with Crippen LogP contribution in [0.25, 0.3) is 0 Å². The normalized spacial score (nSPS) is 11.1. The highest BCUT2D eigenvalue weighted by Gasteiger charge is 2.10. The Hall–Kier alpha value is 0.180. The van der Waals surface area contributed by atoms with Crippen LogP contribution in [-0.4, -0.2) is 11.1 Å². The summed E-state index contributed by atoms with van der Waals surface area (Å²) < 4.78 is 5.00. The third-order valence-corrected chi connectivity index (χ3v) is 0.846. The number of ether oxygens (including phenoxy) is 1. The topological polar surface area (TPSA) is 9.23 Å². The van der Waals surface area contributed by atoms with E-state index in [0.29, 0.717) is 6.61 Å². The summed E-state index contributed by atoms with van der Waals surface area (Å²) in [5, 5.41) is 0. The zero-order chi connectivity index (χ0) is 7.49. The summed E-state index contributed by atoms with van der Waals surface area (Å²) in [7, 11) is 0. The van der Waals surface area contributed by atoms with Crippen molar-refractivity contribution in [1.29, 1.82) is 0 Å². The van der Waals surface area contributed by atoms with Crippen LogP contribution in [0.2, 0.25) is 0 Å². The van der Waals surface area contributed by atoms with Gasteiger partial charge in [0.15, 0.2) is 0 Å². The zero-order valence-corrected chi connectivity index (χ0v) is 7.47. The standard InChI is InChI=1S/C6H11ClOS/c1-6(2,3)4-8-5(7)9/h4H2,1-3H3. The average Bonchev–Trinajstić information content (AvgIpc) is 1.59. The minimum atomic E-state index is 0.102. The predicted octanol–water partition coefficient (Wildman–Crippen LogP) is 2.57. The minimum Gasteiger partial charge on any atom is -0.474 e. The number of rotatable bonds is 1. The van der Waals surface area contributed by atoms with Gasteiger partial charge in [0.05, 0.1) is 6.61 Å². The van der Waals surface area contributed by atoms with Crippen molar-refractivity contribution in [3.05, 3.63) is 0 Å². The lowest BCUT2D eigenvalue weighted by molar-refractivity contribution is 0.196. The number of thiocarbonyl (C=S) groups is 1. The van der Waals surface area contributed by atoms with Gasteiger partial charge in [-0.2, -0.15) is 0 Å². The zero-order valence-electron chi connectivity index (χ0n) is 5.90. The fourth-order valence-corrected chi connectivity index (χ4v) is 0.387. The van der Waals surface area contributed by atoms with Gasteiger partial charge in [-0.05, 0) is 29.2 Å². The fourth-order valence-electron chi connectivity index (χ4n) is 0.273. The van der Waals surface area contributed by atoms with Gasteiger partial charge in [-0.25, -0.2) is 0 Å². The molecule has 1 nitrogen and oxygen atoms in total. The van der Waals surface area contributed by atoms with Gasteiger partial charge in [-0.15, -0.1) is 0 Å². The van der Waals surface area contributed by atoms with E-state index in [1.54, 1.807) is 0 Å². The molecule has 0 rings (SSSR count). The lowest BCUT2D eigenvalue weighted by Crippen LogP contribution is -2.15. The van der Waals surface area contributed by atoms with E-state index in [0.717, 1.165) is 0 Å². The van der Waals surface area contributed by atoms with Crippen LogP contribution in [0.1, 0.15) is 20.8 Å². The first-order valence-corrected chi connectivity index (χ1v) is 3.53. The molecule has 0 amide bonds. The molecular weight excluding hydrogens is 156 g/mol. The molecule has 0 spiro atoms. The van der Waals surface area contributed by atoms with E-state index in [9.17, 15) is 0 Å². The highest BCUT2D eigenvalue weighted by Crippen LogP contribution is 2.13. The maximum atomic E-state index is 5.29. The Morgan fingerprint density at radius 2 is 2.00 bits per heavy atom.